The van der Waals surface area contributed by atoms with Gasteiger partial charge in [0, 0.05) is 32.6 Å². The highest BCUT2D eigenvalue weighted by Gasteiger charge is 2.58. The van der Waals surface area contributed by atoms with Crippen LogP contribution in [0.1, 0.15) is 42.4 Å². The summed E-state index contributed by atoms with van der Waals surface area (Å²) >= 11 is 0. The topological polar surface area (TPSA) is 172 Å². The van der Waals surface area contributed by atoms with Crippen molar-refractivity contribution in [2.75, 3.05) is 27.2 Å². The molecule has 2 aromatic rings. The Kier molecular flexibility index (Phi) is 9.08. The number of amidine groups is 1. The van der Waals surface area contributed by atoms with E-state index >= 15 is 0 Å². The van der Waals surface area contributed by atoms with Crippen molar-refractivity contribution in [2.45, 2.75) is 62.6 Å². The fourth-order valence-corrected chi connectivity index (χ4v) is 7.16. The summed E-state index contributed by atoms with van der Waals surface area (Å²) < 4.78 is 45.4. The standard InChI is InChI=1S/C32H36FN5O8S/c1-19-5-8-22(9-6-19)47(44,45)46-18-31-11-13-32(14-12-31,36-27(41)29(43)37(3)4)30-35-24(25(39)28(42)38(30)17-31)26(40)34-16-21-7-10-23(33)20(2)15-21/h5-10,15,24H,11-14,16-18H2,1-4H3,(H,34,40)(H,36,41). The van der Waals surface area contributed by atoms with Crippen LogP contribution in [0.15, 0.2) is 52.4 Å². The van der Waals surface area contributed by atoms with Gasteiger partial charge in [0.2, 0.25) is 0 Å². The lowest BCUT2D eigenvalue weighted by atomic mass is 9.69. The zero-order valence-corrected chi connectivity index (χ0v) is 27.3. The maximum absolute atomic E-state index is 13.7. The van der Waals surface area contributed by atoms with Gasteiger partial charge in [-0.1, -0.05) is 29.8 Å². The molecule has 2 aromatic carbocycles. The van der Waals surface area contributed by atoms with Crippen molar-refractivity contribution < 1.29 is 41.0 Å². The van der Waals surface area contributed by atoms with Gasteiger partial charge in [0.05, 0.1) is 17.0 Å². The summed E-state index contributed by atoms with van der Waals surface area (Å²) in [6, 6.07) is 8.62. The molecule has 0 aromatic heterocycles. The molecule has 250 valence electrons. The summed E-state index contributed by atoms with van der Waals surface area (Å²) in [7, 11) is -1.37. The largest absolute Gasteiger partial charge is 0.350 e. The normalized spacial score (nSPS) is 23.8. The Morgan fingerprint density at radius 2 is 1.70 bits per heavy atom. The molecular weight excluding hydrogens is 633 g/mol. The van der Waals surface area contributed by atoms with Gasteiger partial charge in [-0.3, -0.25) is 33.1 Å². The van der Waals surface area contributed by atoms with Crippen LogP contribution >= 0.6 is 0 Å². The average molecular weight is 670 g/mol. The van der Waals surface area contributed by atoms with Crippen molar-refractivity contribution >= 4 is 45.4 Å². The van der Waals surface area contributed by atoms with E-state index in [1.165, 1.54) is 44.4 Å². The third-order valence-corrected chi connectivity index (χ3v) is 10.3. The zero-order valence-electron chi connectivity index (χ0n) is 26.5. The Balaban J connectivity index is 1.46. The Morgan fingerprint density at radius 3 is 2.32 bits per heavy atom. The highest BCUT2D eigenvalue weighted by atomic mass is 32.2. The predicted octanol–water partition coefficient (Wildman–Crippen LogP) is 1.16. The molecule has 6 rings (SSSR count). The Labute approximate surface area is 271 Å². The van der Waals surface area contributed by atoms with E-state index in [1.54, 1.807) is 19.1 Å². The fraction of sp³-hybridized carbons (Fsp3) is 0.438. The molecular formula is C32H36FN5O8S. The van der Waals surface area contributed by atoms with E-state index < -0.39 is 62.3 Å². The van der Waals surface area contributed by atoms with Crippen molar-refractivity contribution in [3.8, 4) is 0 Å². The van der Waals surface area contributed by atoms with Gasteiger partial charge in [0.15, 0.2) is 6.04 Å². The van der Waals surface area contributed by atoms with Gasteiger partial charge in [-0.25, -0.2) is 9.38 Å². The lowest BCUT2D eigenvalue weighted by Gasteiger charge is -2.42. The summed E-state index contributed by atoms with van der Waals surface area (Å²) in [6.45, 7) is 2.83. The summed E-state index contributed by atoms with van der Waals surface area (Å²) in [4.78, 5) is 72.6. The number of carbonyl (C=O) groups excluding carboxylic acids is 5. The van der Waals surface area contributed by atoms with E-state index in [1.807, 2.05) is 6.92 Å². The number of halogens is 1. The second-order valence-electron chi connectivity index (χ2n) is 12.7. The maximum atomic E-state index is 13.7. The van der Waals surface area contributed by atoms with Gasteiger partial charge < -0.3 is 15.5 Å². The Hall–Kier alpha value is -4.50. The van der Waals surface area contributed by atoms with Gasteiger partial charge >= 0.3 is 11.8 Å². The molecule has 1 aliphatic carbocycles. The molecule has 4 amide bonds. The molecule has 1 atom stereocenters. The number of carbonyl (C=O) groups is 5. The van der Waals surface area contributed by atoms with Crippen LogP contribution in [0.25, 0.3) is 0 Å². The molecule has 1 saturated carbocycles. The number of hydrogen-bond acceptors (Lipinski definition) is 9. The summed E-state index contributed by atoms with van der Waals surface area (Å²) in [5.41, 5.74) is -0.590. The number of Topliss-reactive ketones (excluding diaryl/α,β-unsaturated/α-hetero) is 1. The quantitative estimate of drug-likeness (QED) is 0.240. The summed E-state index contributed by atoms with van der Waals surface area (Å²) in [6.07, 6.45) is 0.718. The van der Waals surface area contributed by atoms with Crippen LogP contribution in [0.4, 0.5) is 4.39 Å². The number of rotatable bonds is 8. The molecule has 2 N–H and O–H groups in total. The molecule has 2 saturated heterocycles. The molecule has 0 spiro atoms. The average Bonchev–Trinajstić information content (AvgIpc) is 3.25. The van der Waals surface area contributed by atoms with E-state index in [4.69, 9.17) is 4.18 Å². The number of fused-ring (bicyclic) bond motifs is 2. The summed E-state index contributed by atoms with van der Waals surface area (Å²) in [5, 5.41) is 5.31. The molecule has 13 nitrogen and oxygen atoms in total. The second-order valence-corrected chi connectivity index (χ2v) is 14.3. The highest BCUT2D eigenvalue weighted by molar-refractivity contribution is 7.86. The fourth-order valence-electron chi connectivity index (χ4n) is 6.15. The minimum Gasteiger partial charge on any atom is -0.350 e. The van der Waals surface area contributed by atoms with E-state index in [-0.39, 0.29) is 56.1 Å². The maximum Gasteiger partial charge on any atom is 0.311 e. The Morgan fingerprint density at radius 1 is 1.04 bits per heavy atom. The SMILES string of the molecule is Cc1ccc(S(=O)(=O)OCC23CCC(NC(=O)C(=O)N(C)C)(CC2)C2=NC(C(=O)NCc4ccc(F)c(C)c4)C(=O)C(=O)N2C3)cc1. The van der Waals surface area contributed by atoms with E-state index in [9.17, 15) is 36.8 Å². The number of ketones is 1. The number of aliphatic imine (C=N–C) groups is 1. The molecule has 1 unspecified atom stereocenters. The van der Waals surface area contributed by atoms with Crippen LogP contribution < -0.4 is 10.6 Å². The molecule has 3 aliphatic heterocycles. The smallest absolute Gasteiger partial charge is 0.311 e. The van der Waals surface area contributed by atoms with Crippen LogP contribution in [0.2, 0.25) is 0 Å². The number of hydrogen-bond donors (Lipinski definition) is 2. The first-order chi connectivity index (χ1) is 22.1. The molecule has 0 radical (unpaired) electrons. The van der Waals surface area contributed by atoms with Crippen molar-refractivity contribution in [2.24, 2.45) is 10.4 Å². The van der Waals surface area contributed by atoms with E-state index in [2.05, 4.69) is 15.6 Å². The minimum absolute atomic E-state index is 0.0381. The predicted molar refractivity (Wildman–Crippen MR) is 166 cm³/mol. The molecule has 2 bridgehead atoms. The van der Waals surface area contributed by atoms with Crippen LogP contribution in [-0.4, -0.2) is 92.3 Å². The minimum atomic E-state index is -4.18. The molecule has 47 heavy (non-hydrogen) atoms. The number of aryl methyl sites for hydroxylation is 2. The number of nitrogens with one attached hydrogen (secondary N) is 2. The van der Waals surface area contributed by atoms with Crippen molar-refractivity contribution in [1.82, 2.24) is 20.4 Å². The lowest BCUT2D eigenvalue weighted by molar-refractivity contribution is -0.146. The van der Waals surface area contributed by atoms with Gasteiger partial charge in [0.1, 0.15) is 11.7 Å². The van der Waals surface area contributed by atoms with Crippen LogP contribution in [0.3, 0.4) is 0 Å². The van der Waals surface area contributed by atoms with Crippen molar-refractivity contribution in [3.05, 3.63) is 65.0 Å². The molecule has 4 aliphatic rings. The van der Waals surface area contributed by atoms with Crippen molar-refractivity contribution in [1.29, 1.82) is 0 Å². The Bertz CT molecular complexity index is 1780. The molecule has 3 heterocycles. The second kappa shape index (κ2) is 12.6. The van der Waals surface area contributed by atoms with Gasteiger partial charge in [-0.05, 0) is 68.9 Å². The first-order valence-electron chi connectivity index (χ1n) is 15.0. The zero-order chi connectivity index (χ0) is 34.3. The first-order valence-corrected chi connectivity index (χ1v) is 16.4. The van der Waals surface area contributed by atoms with Gasteiger partial charge in [0.25, 0.3) is 27.7 Å². The van der Waals surface area contributed by atoms with Crippen molar-refractivity contribution in [3.63, 3.8) is 0 Å². The highest BCUT2D eigenvalue weighted by Crippen LogP contribution is 2.48. The number of likely N-dealkylation sites (N-methyl/N-ethyl adjacent to an activating group) is 1. The number of benzene rings is 2. The van der Waals surface area contributed by atoms with Gasteiger partial charge in [-0.15, -0.1) is 0 Å². The lowest BCUT2D eigenvalue weighted by Crippen LogP contribution is -2.65. The third kappa shape index (κ3) is 6.67. The first kappa shape index (κ1) is 33.9. The van der Waals surface area contributed by atoms with E-state index in [0.717, 1.165) is 15.4 Å². The molecule has 3 fully saturated rings. The van der Waals surface area contributed by atoms with Gasteiger partial charge in [-0.2, -0.15) is 8.42 Å². The summed E-state index contributed by atoms with van der Waals surface area (Å²) in [5.74, 6) is -5.34. The number of nitrogens with zero attached hydrogens (tertiary/aromatic N) is 3. The third-order valence-electron chi connectivity index (χ3n) is 9.02. The monoisotopic (exact) mass is 669 g/mol. The molecule has 15 heteroatoms. The van der Waals surface area contributed by atoms with Crippen LogP contribution in [0, 0.1) is 25.1 Å². The van der Waals surface area contributed by atoms with E-state index in [0.29, 0.717) is 11.1 Å². The van der Waals surface area contributed by atoms with Crippen LogP contribution in [-0.2, 0) is 44.8 Å². The number of amides is 4. The van der Waals surface area contributed by atoms with Crippen LogP contribution in [0.5, 0.6) is 0 Å².